The minimum Gasteiger partial charge on any atom is -0.462 e. The van der Waals surface area contributed by atoms with E-state index in [4.69, 9.17) is 24.3 Å². The van der Waals surface area contributed by atoms with E-state index in [1.165, 1.54) is 89.9 Å². The molecule has 0 rings (SSSR count). The van der Waals surface area contributed by atoms with Gasteiger partial charge in [0.1, 0.15) is 6.61 Å². The van der Waals surface area contributed by atoms with Gasteiger partial charge in [-0.05, 0) is 77.0 Å². The lowest BCUT2D eigenvalue weighted by Gasteiger charge is -2.19. The molecule has 0 saturated heterocycles. The molecule has 0 heterocycles. The van der Waals surface area contributed by atoms with Gasteiger partial charge in [0.05, 0.1) is 13.2 Å². The Morgan fingerprint density at radius 3 is 1.49 bits per heavy atom. The van der Waals surface area contributed by atoms with E-state index in [9.17, 15) is 19.0 Å². The number of carbonyl (C=O) groups is 2. The van der Waals surface area contributed by atoms with Gasteiger partial charge >= 0.3 is 19.8 Å². The number of esters is 2. The third kappa shape index (κ3) is 41.2. The summed E-state index contributed by atoms with van der Waals surface area (Å²) >= 11 is 0. The molecule has 0 spiro atoms. The monoisotopic (exact) mass is 794 g/mol. The summed E-state index contributed by atoms with van der Waals surface area (Å²) in [6, 6.07) is 0. The van der Waals surface area contributed by atoms with Crippen molar-refractivity contribution < 1.29 is 37.6 Å². The van der Waals surface area contributed by atoms with Gasteiger partial charge in [0.15, 0.2) is 6.10 Å². The zero-order chi connectivity index (χ0) is 40.3. The summed E-state index contributed by atoms with van der Waals surface area (Å²) in [4.78, 5) is 34.9. The van der Waals surface area contributed by atoms with E-state index in [2.05, 4.69) is 74.6 Å². The minimum atomic E-state index is -4.39. The highest BCUT2D eigenvalue weighted by molar-refractivity contribution is 7.47. The van der Waals surface area contributed by atoms with Gasteiger partial charge in [0.2, 0.25) is 0 Å². The fraction of sp³-hybridized carbons (Fsp3) is 0.733. The molecule has 10 heteroatoms. The highest BCUT2D eigenvalue weighted by atomic mass is 31.2. The molecule has 0 aromatic heterocycles. The summed E-state index contributed by atoms with van der Waals surface area (Å²) in [6.45, 7) is 3.63. The zero-order valence-corrected chi connectivity index (χ0v) is 35.8. The third-order valence-corrected chi connectivity index (χ3v) is 9.86. The number of hydrogen-bond donors (Lipinski definition) is 2. The van der Waals surface area contributed by atoms with E-state index in [1.54, 1.807) is 0 Å². The van der Waals surface area contributed by atoms with Gasteiger partial charge in [-0.1, -0.05) is 152 Å². The smallest absolute Gasteiger partial charge is 0.462 e. The summed E-state index contributed by atoms with van der Waals surface area (Å²) in [7, 11) is -4.39. The van der Waals surface area contributed by atoms with Crippen LogP contribution < -0.4 is 5.73 Å². The average Bonchev–Trinajstić information content (AvgIpc) is 3.17. The summed E-state index contributed by atoms with van der Waals surface area (Å²) in [6.07, 6.45) is 48.2. The van der Waals surface area contributed by atoms with E-state index in [0.717, 1.165) is 57.8 Å². The van der Waals surface area contributed by atoms with Crippen LogP contribution in [0.1, 0.15) is 181 Å². The number of phosphoric acid groups is 1. The van der Waals surface area contributed by atoms with Gasteiger partial charge in [0.25, 0.3) is 0 Å². The zero-order valence-electron chi connectivity index (χ0n) is 34.9. The van der Waals surface area contributed by atoms with E-state index >= 15 is 0 Å². The molecule has 55 heavy (non-hydrogen) atoms. The quantitative estimate of drug-likeness (QED) is 0.0269. The molecular formula is C45H80NO8P. The standard InChI is InChI=1S/C45H80NO8P/c1-3-5-7-9-11-13-15-17-19-20-21-22-24-26-28-30-32-34-36-38-45(48)54-43(42-53-55(49,50)52-40-39-46)41-51-44(47)37-35-33-31-29-27-25-23-18-16-14-12-10-8-6-4-2/h10-13,17,19,21-22,26,28,43H,3-9,14-16,18,20,23-25,27,29-42,46H2,1-2H3,(H,49,50)/b12-10+,13-11+,19-17+,22-21+,28-26+/t43-/m1/s1. The first-order chi connectivity index (χ1) is 26.8. The van der Waals surface area contributed by atoms with Crippen molar-refractivity contribution in [2.75, 3.05) is 26.4 Å². The molecule has 0 aliphatic carbocycles. The SMILES string of the molecule is CCCC/C=C/CCCCCCCCCCCC(=O)OC[C@H](COP(=O)(O)OCCN)OC(=O)CCCCC/C=C/C/C=C/C/C=C/C/C=C/CCCCC. The summed E-state index contributed by atoms with van der Waals surface area (Å²) < 4.78 is 32.7. The number of unbranched alkanes of at least 4 members (excludes halogenated alkanes) is 17. The van der Waals surface area contributed by atoms with E-state index in [-0.39, 0.29) is 32.6 Å². The lowest BCUT2D eigenvalue weighted by molar-refractivity contribution is -0.161. The van der Waals surface area contributed by atoms with Gasteiger partial charge in [0, 0.05) is 19.4 Å². The van der Waals surface area contributed by atoms with Crippen LogP contribution in [-0.2, 0) is 32.7 Å². The molecule has 0 fully saturated rings. The van der Waals surface area contributed by atoms with E-state index < -0.39 is 32.5 Å². The molecule has 0 radical (unpaired) electrons. The molecule has 0 aromatic rings. The molecule has 0 aliphatic heterocycles. The summed E-state index contributed by atoms with van der Waals surface area (Å²) in [5.74, 6) is -0.870. The predicted octanol–water partition coefficient (Wildman–Crippen LogP) is 12.5. The number of ether oxygens (including phenoxy) is 2. The average molecular weight is 794 g/mol. The van der Waals surface area contributed by atoms with Crippen LogP contribution in [0.15, 0.2) is 60.8 Å². The van der Waals surface area contributed by atoms with Crippen molar-refractivity contribution in [3.05, 3.63) is 60.8 Å². The maximum atomic E-state index is 12.6. The predicted molar refractivity (Wildman–Crippen MR) is 229 cm³/mol. The molecule has 9 nitrogen and oxygen atoms in total. The minimum absolute atomic E-state index is 0.0453. The Kier molecular flexibility index (Phi) is 39.6. The van der Waals surface area contributed by atoms with Crippen LogP contribution in [0.5, 0.6) is 0 Å². The van der Waals surface area contributed by atoms with Gasteiger partial charge in [-0.25, -0.2) is 4.57 Å². The van der Waals surface area contributed by atoms with Crippen LogP contribution >= 0.6 is 7.82 Å². The van der Waals surface area contributed by atoms with Crippen LogP contribution in [0.2, 0.25) is 0 Å². The molecule has 0 amide bonds. The Morgan fingerprint density at radius 1 is 0.545 bits per heavy atom. The molecule has 0 aliphatic rings. The molecule has 0 bridgehead atoms. The Hall–Kier alpha value is -2.29. The summed E-state index contributed by atoms with van der Waals surface area (Å²) in [5.41, 5.74) is 5.34. The second kappa shape index (κ2) is 41.3. The Morgan fingerprint density at radius 2 is 0.964 bits per heavy atom. The Balaban J connectivity index is 4.23. The van der Waals surface area contributed by atoms with E-state index in [1.807, 2.05) is 0 Å². The molecule has 0 saturated carbocycles. The van der Waals surface area contributed by atoms with Crippen LogP contribution in [0.3, 0.4) is 0 Å². The fourth-order valence-corrected chi connectivity index (χ4v) is 6.36. The first-order valence-electron chi connectivity index (χ1n) is 21.8. The van der Waals surface area contributed by atoms with Crippen molar-refractivity contribution in [3.8, 4) is 0 Å². The first-order valence-corrected chi connectivity index (χ1v) is 23.3. The number of rotatable bonds is 40. The largest absolute Gasteiger partial charge is 0.472 e. The van der Waals surface area contributed by atoms with Crippen LogP contribution in [0, 0.1) is 0 Å². The summed E-state index contributed by atoms with van der Waals surface area (Å²) in [5, 5.41) is 0. The van der Waals surface area contributed by atoms with Crippen molar-refractivity contribution in [2.24, 2.45) is 5.73 Å². The second-order valence-electron chi connectivity index (χ2n) is 14.2. The maximum absolute atomic E-state index is 12.6. The number of carbonyl (C=O) groups excluding carboxylic acids is 2. The van der Waals surface area contributed by atoms with Crippen molar-refractivity contribution >= 4 is 19.8 Å². The first kappa shape index (κ1) is 52.7. The number of phosphoric ester groups is 1. The van der Waals surface area contributed by atoms with Gasteiger partial charge in [-0.15, -0.1) is 0 Å². The van der Waals surface area contributed by atoms with Gasteiger partial charge in [-0.3, -0.25) is 18.6 Å². The molecular weight excluding hydrogens is 713 g/mol. The van der Waals surface area contributed by atoms with Gasteiger partial charge < -0.3 is 20.1 Å². The highest BCUT2D eigenvalue weighted by Gasteiger charge is 2.26. The highest BCUT2D eigenvalue weighted by Crippen LogP contribution is 2.43. The maximum Gasteiger partial charge on any atom is 0.472 e. The second-order valence-corrected chi connectivity index (χ2v) is 15.7. The fourth-order valence-electron chi connectivity index (χ4n) is 5.60. The van der Waals surface area contributed by atoms with Crippen LogP contribution in [0.25, 0.3) is 0 Å². The van der Waals surface area contributed by atoms with Gasteiger partial charge in [-0.2, -0.15) is 0 Å². The molecule has 2 atom stereocenters. The molecule has 3 N–H and O–H groups in total. The lowest BCUT2D eigenvalue weighted by atomic mass is 10.1. The van der Waals surface area contributed by atoms with E-state index in [0.29, 0.717) is 6.42 Å². The third-order valence-electron chi connectivity index (χ3n) is 8.88. The number of nitrogens with two attached hydrogens (primary N) is 1. The van der Waals surface area contributed by atoms with Crippen molar-refractivity contribution in [1.82, 2.24) is 0 Å². The van der Waals surface area contributed by atoms with Crippen LogP contribution in [-0.4, -0.2) is 49.3 Å². The normalized spacial score (nSPS) is 13.9. The molecule has 0 aromatic carbocycles. The van der Waals surface area contributed by atoms with Crippen LogP contribution in [0.4, 0.5) is 0 Å². The Labute approximate surface area is 336 Å². The Bertz CT molecular complexity index is 1090. The number of allylic oxidation sites excluding steroid dienone is 10. The molecule has 1 unspecified atom stereocenters. The lowest BCUT2D eigenvalue weighted by Crippen LogP contribution is -2.29. The van der Waals surface area contributed by atoms with Crippen molar-refractivity contribution in [1.29, 1.82) is 0 Å². The molecule has 318 valence electrons. The topological polar surface area (TPSA) is 134 Å². The van der Waals surface area contributed by atoms with Crippen molar-refractivity contribution in [2.45, 2.75) is 187 Å². The number of hydrogen-bond acceptors (Lipinski definition) is 8. The van der Waals surface area contributed by atoms with Crippen molar-refractivity contribution in [3.63, 3.8) is 0 Å².